The first-order valence-electron chi connectivity index (χ1n) is 8.30. The number of likely N-dealkylation sites (tertiary alicyclic amines) is 1. The Morgan fingerprint density at radius 3 is 2.52 bits per heavy atom. The first kappa shape index (κ1) is 18.0. The minimum Gasteiger partial charge on any atom is -0.354 e. The maximum absolute atomic E-state index is 12.3. The third-order valence-corrected chi connectivity index (χ3v) is 4.63. The van der Waals surface area contributed by atoms with Crippen molar-refractivity contribution in [3.63, 3.8) is 0 Å². The molecule has 2 amide bonds. The second-order valence-corrected chi connectivity index (χ2v) is 6.22. The van der Waals surface area contributed by atoms with Crippen LogP contribution in [0.4, 0.5) is 0 Å². The van der Waals surface area contributed by atoms with E-state index in [0.717, 1.165) is 38.6 Å². The quantitative estimate of drug-likeness (QED) is 0.750. The Kier molecular flexibility index (Phi) is 7.15. The van der Waals surface area contributed by atoms with Crippen molar-refractivity contribution in [2.24, 2.45) is 11.7 Å². The van der Waals surface area contributed by atoms with Gasteiger partial charge in [0.25, 0.3) is 0 Å². The molecule has 1 aliphatic rings. The molecule has 1 fully saturated rings. The predicted molar refractivity (Wildman–Crippen MR) is 84.7 cm³/mol. The molecule has 0 bridgehead atoms. The van der Waals surface area contributed by atoms with Crippen LogP contribution in [0.25, 0.3) is 0 Å². The van der Waals surface area contributed by atoms with Crippen LogP contribution < -0.4 is 11.1 Å². The fraction of sp³-hybridized carbons (Fsp3) is 0.875. The Balaban J connectivity index is 2.48. The first-order valence-corrected chi connectivity index (χ1v) is 8.30. The topological polar surface area (TPSA) is 75.4 Å². The van der Waals surface area contributed by atoms with E-state index in [0.29, 0.717) is 19.5 Å². The molecule has 1 rings (SSSR count). The van der Waals surface area contributed by atoms with Gasteiger partial charge in [0.15, 0.2) is 0 Å². The Morgan fingerprint density at radius 1 is 1.29 bits per heavy atom. The second kappa shape index (κ2) is 8.37. The zero-order valence-electron chi connectivity index (χ0n) is 13.8. The van der Waals surface area contributed by atoms with Crippen LogP contribution in [0.15, 0.2) is 0 Å². The highest BCUT2D eigenvalue weighted by atomic mass is 16.2. The molecule has 122 valence electrons. The molecule has 1 atom stereocenters. The summed E-state index contributed by atoms with van der Waals surface area (Å²) in [4.78, 5) is 26.1. The normalized spacial score (nSPS) is 19.4. The number of nitrogens with two attached hydrogens (primary N) is 1. The molecule has 1 heterocycles. The van der Waals surface area contributed by atoms with Gasteiger partial charge in [-0.1, -0.05) is 20.8 Å². The Morgan fingerprint density at radius 2 is 1.95 bits per heavy atom. The molecule has 0 aromatic heterocycles. The smallest absolute Gasteiger partial charge is 0.224 e. The Hall–Kier alpha value is -1.10. The molecular weight excluding hydrogens is 266 g/mol. The van der Waals surface area contributed by atoms with Crippen molar-refractivity contribution in [1.29, 1.82) is 0 Å². The highest BCUT2D eigenvalue weighted by molar-refractivity contribution is 5.81. The number of hydrogen-bond donors (Lipinski definition) is 2. The largest absolute Gasteiger partial charge is 0.354 e. The summed E-state index contributed by atoms with van der Waals surface area (Å²) in [6.45, 7) is 7.94. The fourth-order valence-corrected chi connectivity index (χ4v) is 2.70. The van der Waals surface area contributed by atoms with E-state index in [1.807, 2.05) is 25.7 Å². The summed E-state index contributed by atoms with van der Waals surface area (Å²) in [5.74, 6) is 0.128. The van der Waals surface area contributed by atoms with E-state index in [1.165, 1.54) is 0 Å². The Bertz CT molecular complexity index is 353. The molecule has 21 heavy (non-hydrogen) atoms. The molecule has 5 heteroatoms. The third kappa shape index (κ3) is 5.30. The summed E-state index contributed by atoms with van der Waals surface area (Å²) >= 11 is 0. The van der Waals surface area contributed by atoms with Crippen molar-refractivity contribution >= 4 is 11.8 Å². The van der Waals surface area contributed by atoms with Crippen LogP contribution in [0.1, 0.15) is 59.3 Å². The highest BCUT2D eigenvalue weighted by Crippen LogP contribution is 2.18. The molecule has 0 spiro atoms. The van der Waals surface area contributed by atoms with Crippen LogP contribution in [0.2, 0.25) is 0 Å². The zero-order chi connectivity index (χ0) is 15.9. The average Bonchev–Trinajstić information content (AvgIpc) is 2.52. The van der Waals surface area contributed by atoms with Crippen molar-refractivity contribution in [3.8, 4) is 0 Å². The minimum absolute atomic E-state index is 0.0423. The van der Waals surface area contributed by atoms with Gasteiger partial charge in [-0.15, -0.1) is 0 Å². The second-order valence-electron chi connectivity index (χ2n) is 6.22. The van der Waals surface area contributed by atoms with Crippen LogP contribution in [0, 0.1) is 5.92 Å². The lowest BCUT2D eigenvalue weighted by Crippen LogP contribution is -2.52. The summed E-state index contributed by atoms with van der Waals surface area (Å²) in [5.41, 5.74) is 5.89. The molecule has 0 aromatic rings. The zero-order valence-corrected chi connectivity index (χ0v) is 13.8. The molecule has 1 aliphatic heterocycles. The number of nitrogens with one attached hydrogen (secondary N) is 1. The van der Waals surface area contributed by atoms with Crippen molar-refractivity contribution in [2.45, 2.75) is 64.8 Å². The van der Waals surface area contributed by atoms with E-state index in [1.54, 1.807) is 0 Å². The molecule has 1 unspecified atom stereocenters. The number of carbonyl (C=O) groups excluding carboxylic acids is 2. The lowest BCUT2D eigenvalue weighted by Gasteiger charge is -2.33. The van der Waals surface area contributed by atoms with E-state index in [2.05, 4.69) is 5.32 Å². The molecule has 0 radical (unpaired) electrons. The van der Waals surface area contributed by atoms with Gasteiger partial charge >= 0.3 is 0 Å². The Labute approximate surface area is 128 Å². The lowest BCUT2D eigenvalue weighted by atomic mass is 9.93. The van der Waals surface area contributed by atoms with Crippen LogP contribution >= 0.6 is 0 Å². The van der Waals surface area contributed by atoms with Gasteiger partial charge in [-0.25, -0.2) is 0 Å². The number of piperidine rings is 1. The first-order chi connectivity index (χ1) is 9.95. The number of nitrogens with zero attached hydrogens (tertiary/aromatic N) is 1. The minimum atomic E-state index is -0.317. The molecular formula is C16H31N3O2. The summed E-state index contributed by atoms with van der Waals surface area (Å²) in [6.07, 6.45) is 4.88. The van der Waals surface area contributed by atoms with E-state index in [4.69, 9.17) is 5.73 Å². The van der Waals surface area contributed by atoms with Gasteiger partial charge in [0, 0.05) is 31.6 Å². The fourth-order valence-electron chi connectivity index (χ4n) is 2.70. The summed E-state index contributed by atoms with van der Waals surface area (Å²) in [5, 5.41) is 2.98. The van der Waals surface area contributed by atoms with Gasteiger partial charge in [0.05, 0.1) is 5.92 Å². The molecule has 3 N–H and O–H groups in total. The molecule has 0 aliphatic carbocycles. The van der Waals surface area contributed by atoms with E-state index in [9.17, 15) is 9.59 Å². The summed E-state index contributed by atoms with van der Waals surface area (Å²) in [7, 11) is 0. The molecule has 0 saturated carbocycles. The summed E-state index contributed by atoms with van der Waals surface area (Å²) < 4.78 is 0. The van der Waals surface area contributed by atoms with Gasteiger partial charge in [-0.05, 0) is 32.1 Å². The molecule has 5 nitrogen and oxygen atoms in total. The lowest BCUT2D eigenvalue weighted by molar-refractivity contribution is -0.135. The SMILES string of the molecule is CCCC(=O)N1CCCC(C(=O)NCC(N)(CC)CC)C1. The van der Waals surface area contributed by atoms with Crippen LogP contribution in [-0.2, 0) is 9.59 Å². The van der Waals surface area contributed by atoms with Gasteiger partial charge in [0.2, 0.25) is 11.8 Å². The van der Waals surface area contributed by atoms with Gasteiger partial charge in [0.1, 0.15) is 0 Å². The van der Waals surface area contributed by atoms with Crippen molar-refractivity contribution in [2.75, 3.05) is 19.6 Å². The van der Waals surface area contributed by atoms with E-state index >= 15 is 0 Å². The van der Waals surface area contributed by atoms with E-state index in [-0.39, 0.29) is 23.3 Å². The highest BCUT2D eigenvalue weighted by Gasteiger charge is 2.29. The van der Waals surface area contributed by atoms with Gasteiger partial charge in [-0.2, -0.15) is 0 Å². The van der Waals surface area contributed by atoms with Crippen LogP contribution in [0.3, 0.4) is 0 Å². The van der Waals surface area contributed by atoms with Crippen LogP contribution in [-0.4, -0.2) is 41.9 Å². The maximum Gasteiger partial charge on any atom is 0.224 e. The molecule has 1 saturated heterocycles. The number of rotatable bonds is 7. The maximum atomic E-state index is 12.3. The summed E-state index contributed by atoms with van der Waals surface area (Å²) in [6, 6.07) is 0. The van der Waals surface area contributed by atoms with Crippen molar-refractivity contribution in [3.05, 3.63) is 0 Å². The van der Waals surface area contributed by atoms with Crippen molar-refractivity contribution < 1.29 is 9.59 Å². The number of amides is 2. The van der Waals surface area contributed by atoms with E-state index < -0.39 is 0 Å². The van der Waals surface area contributed by atoms with Gasteiger partial charge < -0.3 is 16.0 Å². The standard InChI is InChI=1S/C16H31N3O2/c1-4-8-14(20)19-10-7-9-13(11-19)15(21)18-12-16(17,5-2)6-3/h13H,4-12,17H2,1-3H3,(H,18,21). The van der Waals surface area contributed by atoms with Gasteiger partial charge in [-0.3, -0.25) is 9.59 Å². The predicted octanol–water partition coefficient (Wildman–Crippen LogP) is 1.66. The third-order valence-electron chi connectivity index (χ3n) is 4.63. The van der Waals surface area contributed by atoms with Crippen LogP contribution in [0.5, 0.6) is 0 Å². The average molecular weight is 297 g/mol. The number of carbonyl (C=O) groups is 2. The van der Waals surface area contributed by atoms with Crippen molar-refractivity contribution in [1.82, 2.24) is 10.2 Å². The number of hydrogen-bond acceptors (Lipinski definition) is 3. The molecule has 0 aromatic carbocycles. The monoisotopic (exact) mass is 297 g/mol.